The van der Waals surface area contributed by atoms with Crippen LogP contribution < -0.4 is 10.7 Å². The van der Waals surface area contributed by atoms with Crippen LogP contribution in [0.15, 0.2) is 23.9 Å². The Morgan fingerprint density at radius 2 is 2.04 bits per heavy atom. The van der Waals surface area contributed by atoms with Crippen LogP contribution in [0.3, 0.4) is 0 Å². The Morgan fingerprint density at radius 1 is 1.25 bits per heavy atom. The maximum absolute atomic E-state index is 13.5. The van der Waals surface area contributed by atoms with Crippen molar-refractivity contribution < 1.29 is 13.6 Å². The third kappa shape index (κ3) is 2.79. The summed E-state index contributed by atoms with van der Waals surface area (Å²) < 4.78 is 26.9. The Bertz CT molecular complexity index is 814. The predicted molar refractivity (Wildman–Crippen MR) is 102 cm³/mol. The molecule has 28 heavy (non-hydrogen) atoms. The Balaban J connectivity index is 1.46. The number of hydrazine groups is 2. The molecule has 1 amide bonds. The highest BCUT2D eigenvalue weighted by atomic mass is 32.1. The number of piperidine rings is 1. The molecule has 2 unspecified atom stereocenters. The summed E-state index contributed by atoms with van der Waals surface area (Å²) in [6, 6.07) is 3.26. The fraction of sp³-hybridized carbons (Fsp3) is 0.632. The molecule has 9 heteroatoms. The van der Waals surface area contributed by atoms with Gasteiger partial charge in [0.25, 0.3) is 12.3 Å². The standard InChI is InChI=1S/C19H25F2N5OS/c1-10-3-8-16(28-10)18(27)25-11-4-6-12(14(25)7-5-11)15-9-13(17(20)21)22-19-23-24(2)26(15)19/h3,8-9,11-14,17,19,22-23H,4-7H2,1-2H3/t11-,12-,13?,14-,19?/m0/s1. The molecule has 0 aromatic carbocycles. The Kier molecular flexibility index (Phi) is 4.46. The van der Waals surface area contributed by atoms with E-state index in [0.717, 1.165) is 41.1 Å². The first-order valence-corrected chi connectivity index (χ1v) is 10.7. The van der Waals surface area contributed by atoms with E-state index in [1.807, 2.05) is 36.2 Å². The molecule has 152 valence electrons. The van der Waals surface area contributed by atoms with Crippen LogP contribution in [-0.2, 0) is 0 Å². The smallest absolute Gasteiger partial charge is 0.264 e. The number of hydrogen-bond donors (Lipinski definition) is 2. The summed E-state index contributed by atoms with van der Waals surface area (Å²) >= 11 is 1.53. The van der Waals surface area contributed by atoms with Crippen LogP contribution in [0.1, 0.15) is 40.2 Å². The molecule has 2 bridgehead atoms. The van der Waals surface area contributed by atoms with Gasteiger partial charge >= 0.3 is 0 Å². The van der Waals surface area contributed by atoms with Gasteiger partial charge in [0, 0.05) is 35.6 Å². The summed E-state index contributed by atoms with van der Waals surface area (Å²) in [5.41, 5.74) is 4.02. The van der Waals surface area contributed by atoms with Crippen LogP contribution in [0, 0.1) is 12.8 Å². The van der Waals surface area contributed by atoms with Crippen LogP contribution in [0.4, 0.5) is 8.78 Å². The number of fused-ring (bicyclic) bond motifs is 3. The average Bonchev–Trinajstić information content (AvgIpc) is 3.21. The molecule has 2 N–H and O–H groups in total. The predicted octanol–water partition coefficient (Wildman–Crippen LogP) is 2.51. The van der Waals surface area contributed by atoms with Crippen LogP contribution in [0.5, 0.6) is 0 Å². The second-order valence-electron chi connectivity index (χ2n) is 8.12. The lowest BCUT2D eigenvalue weighted by molar-refractivity contribution is -0.219. The van der Waals surface area contributed by atoms with Crippen molar-refractivity contribution in [3.8, 4) is 0 Å². The number of aryl methyl sites for hydroxylation is 1. The van der Waals surface area contributed by atoms with Gasteiger partial charge in [-0.1, -0.05) is 0 Å². The molecule has 0 saturated carbocycles. The second-order valence-corrected chi connectivity index (χ2v) is 9.41. The largest absolute Gasteiger partial charge is 0.331 e. The van der Waals surface area contributed by atoms with Crippen LogP contribution in [-0.4, -0.2) is 58.8 Å². The van der Waals surface area contributed by atoms with Crippen molar-refractivity contribution in [2.75, 3.05) is 7.05 Å². The number of alkyl halides is 2. The van der Waals surface area contributed by atoms with Gasteiger partial charge in [-0.05, 0) is 50.8 Å². The number of nitrogens with zero attached hydrogens (tertiary/aromatic N) is 3. The van der Waals surface area contributed by atoms with Gasteiger partial charge in [0.15, 0.2) is 6.29 Å². The van der Waals surface area contributed by atoms with Crippen molar-refractivity contribution in [3.63, 3.8) is 0 Å². The summed E-state index contributed by atoms with van der Waals surface area (Å²) in [5.74, 6) is 0.182. The van der Waals surface area contributed by atoms with Gasteiger partial charge in [0.1, 0.15) is 0 Å². The minimum Gasteiger partial charge on any atom is -0.331 e. The fourth-order valence-electron chi connectivity index (χ4n) is 5.26. The van der Waals surface area contributed by atoms with Crippen molar-refractivity contribution in [1.29, 1.82) is 0 Å². The zero-order valence-corrected chi connectivity index (χ0v) is 16.8. The van der Waals surface area contributed by atoms with Gasteiger partial charge in [-0.25, -0.2) is 14.2 Å². The third-order valence-electron chi connectivity index (χ3n) is 6.50. The number of rotatable bonds is 3. The molecule has 0 radical (unpaired) electrons. The van der Waals surface area contributed by atoms with Gasteiger partial charge in [-0.2, -0.15) is 5.12 Å². The molecular weight excluding hydrogens is 384 g/mol. The van der Waals surface area contributed by atoms with E-state index in [0.29, 0.717) is 0 Å². The number of carbonyl (C=O) groups excluding carboxylic acids is 1. The molecule has 3 saturated heterocycles. The lowest BCUT2D eigenvalue weighted by atomic mass is 9.85. The Morgan fingerprint density at radius 3 is 2.71 bits per heavy atom. The van der Waals surface area contributed by atoms with Crippen molar-refractivity contribution in [3.05, 3.63) is 33.7 Å². The number of carbonyl (C=O) groups is 1. The molecule has 1 aromatic heterocycles. The topological polar surface area (TPSA) is 50.9 Å². The number of hydrogen-bond acceptors (Lipinski definition) is 6. The van der Waals surface area contributed by atoms with Crippen molar-refractivity contribution in [2.24, 2.45) is 5.92 Å². The number of thiophene rings is 1. The first-order chi connectivity index (χ1) is 13.4. The SMILES string of the molecule is Cc1ccc(C(=O)N2[C@H]3CC[C@H](C4=CC(C(F)F)NC5NN(C)N45)[C@@H]2CC3)s1. The minimum absolute atomic E-state index is 0.0750. The molecule has 1 aromatic rings. The summed E-state index contributed by atoms with van der Waals surface area (Å²) in [7, 11) is 1.88. The normalized spacial score (nSPS) is 35.0. The van der Waals surface area contributed by atoms with Crippen molar-refractivity contribution in [2.45, 2.75) is 63.4 Å². The molecule has 4 aliphatic rings. The van der Waals surface area contributed by atoms with Gasteiger partial charge in [-0.15, -0.1) is 11.3 Å². The van der Waals surface area contributed by atoms with Gasteiger partial charge in [0.05, 0.1) is 10.9 Å². The van der Waals surface area contributed by atoms with Crippen molar-refractivity contribution in [1.82, 2.24) is 25.8 Å². The van der Waals surface area contributed by atoms with E-state index in [4.69, 9.17) is 0 Å². The monoisotopic (exact) mass is 409 g/mol. The number of nitrogens with one attached hydrogen (secondary N) is 2. The molecule has 6 nitrogen and oxygen atoms in total. The highest BCUT2D eigenvalue weighted by molar-refractivity contribution is 7.13. The van der Waals surface area contributed by atoms with E-state index in [-0.39, 0.29) is 30.2 Å². The highest BCUT2D eigenvalue weighted by Gasteiger charge is 2.51. The molecule has 5 rings (SSSR count). The summed E-state index contributed by atoms with van der Waals surface area (Å²) in [4.78, 5) is 17.2. The second kappa shape index (κ2) is 6.76. The van der Waals surface area contributed by atoms with Crippen LogP contribution in [0.2, 0.25) is 0 Å². The summed E-state index contributed by atoms with van der Waals surface area (Å²) in [6.45, 7) is 2.01. The molecular formula is C19H25F2N5OS. The van der Waals surface area contributed by atoms with Crippen LogP contribution >= 0.6 is 11.3 Å². The average molecular weight is 410 g/mol. The van der Waals surface area contributed by atoms with E-state index in [1.165, 1.54) is 11.3 Å². The van der Waals surface area contributed by atoms with Crippen molar-refractivity contribution >= 4 is 17.2 Å². The molecule has 0 aliphatic carbocycles. The zero-order chi connectivity index (χ0) is 19.6. The van der Waals surface area contributed by atoms with E-state index >= 15 is 0 Å². The molecule has 3 fully saturated rings. The van der Waals surface area contributed by atoms with E-state index < -0.39 is 12.5 Å². The van der Waals surface area contributed by atoms with Crippen LogP contribution in [0.25, 0.3) is 0 Å². The van der Waals surface area contributed by atoms with Gasteiger partial charge in [-0.3, -0.25) is 15.1 Å². The maximum Gasteiger partial charge on any atom is 0.264 e. The lowest BCUT2D eigenvalue weighted by Gasteiger charge is -2.57. The number of halogens is 2. The first kappa shape index (κ1) is 18.5. The van der Waals surface area contributed by atoms with E-state index in [1.54, 1.807) is 6.08 Å². The van der Waals surface area contributed by atoms with E-state index in [9.17, 15) is 13.6 Å². The lowest BCUT2D eigenvalue weighted by Crippen LogP contribution is -2.79. The summed E-state index contributed by atoms with van der Waals surface area (Å²) in [5, 5.41) is 6.77. The number of amides is 1. The Hall–Kier alpha value is -1.55. The molecule has 0 spiro atoms. The van der Waals surface area contributed by atoms with Gasteiger partial charge < -0.3 is 4.90 Å². The fourth-order valence-corrected chi connectivity index (χ4v) is 6.08. The van der Waals surface area contributed by atoms with Gasteiger partial charge in [0.2, 0.25) is 0 Å². The zero-order valence-electron chi connectivity index (χ0n) is 15.9. The minimum atomic E-state index is -2.46. The molecule has 4 aliphatic heterocycles. The molecule has 5 heterocycles. The first-order valence-electron chi connectivity index (χ1n) is 9.88. The Labute approximate surface area is 167 Å². The summed E-state index contributed by atoms with van der Waals surface area (Å²) in [6.07, 6.45) is 2.70. The highest BCUT2D eigenvalue weighted by Crippen LogP contribution is 2.45. The van der Waals surface area contributed by atoms with E-state index in [2.05, 4.69) is 15.6 Å². The molecule has 5 atom stereocenters. The third-order valence-corrected chi connectivity index (χ3v) is 7.49. The maximum atomic E-state index is 13.5. The quantitative estimate of drug-likeness (QED) is 0.804.